The first-order chi connectivity index (χ1) is 9.20. The fraction of sp³-hybridized carbons (Fsp3) is 0.125. The van der Waals surface area contributed by atoms with Gasteiger partial charge in [-0.2, -0.15) is 4.40 Å². The highest BCUT2D eigenvalue weighted by molar-refractivity contribution is 8.09. The van der Waals surface area contributed by atoms with Crippen LogP contribution in [0.1, 0.15) is 18.1 Å². The third kappa shape index (κ3) is 3.55. The molecule has 0 amide bonds. The monoisotopic (exact) mass is 271 g/mol. The lowest BCUT2D eigenvalue weighted by molar-refractivity contribution is -0.237. The third-order valence-corrected chi connectivity index (χ3v) is 4.51. The smallest absolute Gasteiger partial charge is 0.182 e. The number of hydrogen-bond donors (Lipinski definition) is 2. The molecule has 0 aliphatic carbocycles. The molecule has 2 aromatic rings. The van der Waals surface area contributed by atoms with E-state index in [1.54, 1.807) is 0 Å². The van der Waals surface area contributed by atoms with Crippen LogP contribution in [-0.4, -0.2) is 11.6 Å². The van der Waals surface area contributed by atoms with E-state index in [1.165, 1.54) is 11.1 Å². The number of benzene rings is 2. The van der Waals surface area contributed by atoms with E-state index in [0.29, 0.717) is 0 Å². The van der Waals surface area contributed by atoms with Crippen molar-refractivity contribution in [2.75, 3.05) is 5.73 Å². The maximum absolute atomic E-state index is 6.02. The Morgan fingerprint density at radius 1 is 1.05 bits per heavy atom. The van der Waals surface area contributed by atoms with Crippen LogP contribution in [0.25, 0.3) is 0 Å². The van der Waals surface area contributed by atoms with E-state index < -0.39 is 0 Å². The van der Waals surface area contributed by atoms with E-state index in [9.17, 15) is 0 Å². The fourth-order valence-electron chi connectivity index (χ4n) is 1.73. The molecule has 3 heteroatoms. The number of hydrogen-bond acceptors (Lipinski definition) is 1. The van der Waals surface area contributed by atoms with Crippen LogP contribution < -0.4 is 10.1 Å². The van der Waals surface area contributed by atoms with Crippen molar-refractivity contribution in [2.24, 2.45) is 0 Å². The molecule has 98 valence electrons. The molecule has 0 aromatic heterocycles. The largest absolute Gasteiger partial charge is 0.398 e. The Labute approximate surface area is 117 Å². The molecule has 1 unspecified atom stereocenters. The summed E-state index contributed by atoms with van der Waals surface area (Å²) >= 11 is 0. The van der Waals surface area contributed by atoms with Gasteiger partial charge in [-0.25, -0.2) is 0 Å². The summed E-state index contributed by atoms with van der Waals surface area (Å²) in [5.41, 5.74) is 9.28. The Bertz CT molecular complexity index is 613. The fourth-order valence-corrected chi connectivity index (χ4v) is 3.06. The summed E-state index contributed by atoms with van der Waals surface area (Å²) < 4.78 is 3.43. The van der Waals surface area contributed by atoms with E-state index in [0.717, 1.165) is 10.6 Å². The first-order valence-corrected chi connectivity index (χ1v) is 7.52. The molecule has 2 aromatic carbocycles. The highest BCUT2D eigenvalue weighted by Crippen LogP contribution is 2.23. The number of nitrogens with one attached hydrogen (secondary N) is 1. The van der Waals surface area contributed by atoms with Crippen molar-refractivity contribution in [1.29, 1.82) is 0 Å². The van der Waals surface area contributed by atoms with Crippen LogP contribution in [0.2, 0.25) is 0 Å². The topological polar surface area (TPSA) is 40.0 Å². The Balaban J connectivity index is 2.25. The molecule has 0 spiro atoms. The van der Waals surface area contributed by atoms with Gasteiger partial charge in [-0.15, -0.1) is 0 Å². The average Bonchev–Trinajstić information content (AvgIpc) is 2.43. The minimum absolute atomic E-state index is 0.168. The molecular formula is C16H19N2S+. The van der Waals surface area contributed by atoms with Crippen LogP contribution >= 0.6 is 10.7 Å². The number of rotatable bonds is 3. The normalized spacial score (nSPS) is 12.9. The van der Waals surface area contributed by atoms with Gasteiger partial charge in [0.1, 0.15) is 0 Å². The molecule has 0 radical (unpaired) electrons. The minimum Gasteiger partial charge on any atom is -0.398 e. The zero-order valence-electron chi connectivity index (χ0n) is 11.3. The predicted octanol–water partition coefficient (Wildman–Crippen LogP) is 2.14. The molecular weight excluding hydrogens is 252 g/mol. The minimum atomic E-state index is -0.168. The quantitative estimate of drug-likeness (QED) is 0.501. The SMILES string of the molecule is C/C=S(/[NH+]=Cc1ccc(C)cc1)c1ccccc1N. The Morgan fingerprint density at radius 3 is 2.37 bits per heavy atom. The van der Waals surface area contributed by atoms with E-state index in [1.807, 2.05) is 31.3 Å². The van der Waals surface area contributed by atoms with E-state index in [-0.39, 0.29) is 10.7 Å². The second-order valence-electron chi connectivity index (χ2n) is 4.28. The lowest BCUT2D eigenvalue weighted by Gasteiger charge is -2.01. The first kappa shape index (κ1) is 13.6. The zero-order chi connectivity index (χ0) is 13.7. The van der Waals surface area contributed by atoms with Gasteiger partial charge in [0, 0.05) is 10.9 Å². The molecule has 0 bridgehead atoms. The van der Waals surface area contributed by atoms with Crippen molar-refractivity contribution in [2.45, 2.75) is 18.7 Å². The molecule has 3 N–H and O–H groups in total. The highest BCUT2D eigenvalue weighted by atomic mass is 32.2. The Morgan fingerprint density at radius 2 is 1.74 bits per heavy atom. The van der Waals surface area contributed by atoms with Gasteiger partial charge >= 0.3 is 0 Å². The van der Waals surface area contributed by atoms with Gasteiger partial charge < -0.3 is 5.73 Å². The lowest BCUT2D eigenvalue weighted by atomic mass is 10.2. The van der Waals surface area contributed by atoms with Crippen LogP contribution in [0.4, 0.5) is 5.69 Å². The molecule has 0 heterocycles. The molecule has 1 atom stereocenters. The van der Waals surface area contributed by atoms with Crippen molar-refractivity contribution in [3.8, 4) is 0 Å². The number of aryl methyl sites for hydroxylation is 1. The van der Waals surface area contributed by atoms with E-state index in [4.69, 9.17) is 5.73 Å². The van der Waals surface area contributed by atoms with Crippen LogP contribution in [0, 0.1) is 6.92 Å². The maximum Gasteiger partial charge on any atom is 0.182 e. The van der Waals surface area contributed by atoms with Crippen LogP contribution in [0.15, 0.2) is 53.4 Å². The van der Waals surface area contributed by atoms with Gasteiger partial charge in [0.05, 0.1) is 21.3 Å². The lowest BCUT2D eigenvalue weighted by Crippen LogP contribution is -2.61. The van der Waals surface area contributed by atoms with E-state index in [2.05, 4.69) is 47.0 Å². The average molecular weight is 271 g/mol. The summed E-state index contributed by atoms with van der Waals surface area (Å²) in [5, 5.41) is 2.14. The summed E-state index contributed by atoms with van der Waals surface area (Å²) in [6, 6.07) is 16.4. The molecule has 0 fully saturated rings. The van der Waals surface area contributed by atoms with Gasteiger partial charge in [0.15, 0.2) is 6.21 Å². The second-order valence-corrected chi connectivity index (χ2v) is 6.11. The van der Waals surface area contributed by atoms with Crippen molar-refractivity contribution < 1.29 is 4.40 Å². The van der Waals surface area contributed by atoms with Crippen molar-refractivity contribution in [3.63, 3.8) is 0 Å². The van der Waals surface area contributed by atoms with Crippen LogP contribution in [0.3, 0.4) is 0 Å². The number of nitrogen functional groups attached to an aromatic ring is 1. The van der Waals surface area contributed by atoms with Gasteiger partial charge in [0.25, 0.3) is 0 Å². The van der Waals surface area contributed by atoms with Crippen LogP contribution in [0.5, 0.6) is 0 Å². The molecule has 2 nitrogen and oxygen atoms in total. The third-order valence-electron chi connectivity index (χ3n) is 2.82. The van der Waals surface area contributed by atoms with E-state index >= 15 is 0 Å². The predicted molar refractivity (Wildman–Crippen MR) is 85.8 cm³/mol. The van der Waals surface area contributed by atoms with Gasteiger partial charge in [-0.05, 0) is 38.1 Å². The van der Waals surface area contributed by atoms with Crippen molar-refractivity contribution in [3.05, 3.63) is 59.7 Å². The number of nitrogens with two attached hydrogens (primary N) is 1. The van der Waals surface area contributed by atoms with Crippen LogP contribution in [-0.2, 0) is 0 Å². The summed E-state index contributed by atoms with van der Waals surface area (Å²) in [5.74, 6) is 0. The molecule has 0 saturated carbocycles. The van der Waals surface area contributed by atoms with Crippen molar-refractivity contribution in [1.82, 2.24) is 0 Å². The standard InChI is InChI=1S/C16H18N2S/c1-3-19(16-7-5-4-6-15(16)17)18-12-14-10-8-13(2)9-11-14/h3-12H,17H2,1-2H3/p+1. The van der Waals surface area contributed by atoms with Gasteiger partial charge in [-0.3, -0.25) is 0 Å². The highest BCUT2D eigenvalue weighted by Gasteiger charge is 2.05. The summed E-state index contributed by atoms with van der Waals surface area (Å²) in [6.07, 6.45) is 2.04. The molecule has 2 rings (SSSR count). The van der Waals surface area contributed by atoms with Gasteiger partial charge in [-0.1, -0.05) is 29.8 Å². The second kappa shape index (κ2) is 6.34. The summed E-state index contributed by atoms with van der Waals surface area (Å²) in [4.78, 5) is 1.13. The molecule has 0 saturated heterocycles. The summed E-state index contributed by atoms with van der Waals surface area (Å²) in [7, 11) is -0.168. The zero-order valence-corrected chi connectivity index (χ0v) is 12.1. The summed E-state index contributed by atoms with van der Waals surface area (Å²) in [6.45, 7) is 4.14. The first-order valence-electron chi connectivity index (χ1n) is 6.24. The molecule has 19 heavy (non-hydrogen) atoms. The number of anilines is 1. The number of para-hydroxylation sites is 1. The maximum atomic E-state index is 6.02. The van der Waals surface area contributed by atoms with Gasteiger partial charge in [0.2, 0.25) is 0 Å². The Hall–Kier alpha value is -1.87. The van der Waals surface area contributed by atoms with Crippen molar-refractivity contribution >= 4 is 27.9 Å². The Kier molecular flexibility index (Phi) is 4.53. The molecule has 0 aliphatic rings. The molecule has 0 aliphatic heterocycles.